The van der Waals surface area contributed by atoms with Crippen molar-refractivity contribution in [2.75, 3.05) is 78.5 Å². The first kappa shape index (κ1) is 16.9. The van der Waals surface area contributed by atoms with Crippen molar-refractivity contribution in [1.29, 1.82) is 0 Å². The van der Waals surface area contributed by atoms with Crippen LogP contribution in [0.15, 0.2) is 0 Å². The van der Waals surface area contributed by atoms with Gasteiger partial charge in [0.15, 0.2) is 0 Å². The molecule has 0 unspecified atom stereocenters. The fraction of sp³-hybridized carbons (Fsp3) is 1.00. The molecule has 5 nitrogen and oxygen atoms in total. The quantitative estimate of drug-likeness (QED) is 0.524. The van der Waals surface area contributed by atoms with Gasteiger partial charge >= 0.3 is 0 Å². The fourth-order valence-corrected chi connectivity index (χ4v) is 2.50. The molecule has 0 saturated carbocycles. The number of nitrogens with two attached hydrogens (primary N) is 1. The molecule has 3 N–H and O–H groups in total. The van der Waals surface area contributed by atoms with Gasteiger partial charge in [-0.15, -0.1) is 0 Å². The predicted molar refractivity (Wildman–Crippen MR) is 82.6 cm³/mol. The van der Waals surface area contributed by atoms with E-state index in [0.29, 0.717) is 0 Å². The summed E-state index contributed by atoms with van der Waals surface area (Å²) in [4.78, 5) is 7.66. The van der Waals surface area contributed by atoms with Gasteiger partial charge < -0.3 is 20.9 Å². The minimum absolute atomic E-state index is 0.730. The summed E-state index contributed by atoms with van der Waals surface area (Å²) in [6.07, 6.45) is 0. The van der Waals surface area contributed by atoms with Crippen molar-refractivity contribution >= 4 is 0 Å². The third-order valence-electron chi connectivity index (χ3n) is 4.02. The Labute approximate surface area is 119 Å². The number of piperazine rings is 1. The van der Waals surface area contributed by atoms with Crippen molar-refractivity contribution in [2.45, 2.75) is 13.8 Å². The first-order valence-corrected chi connectivity index (χ1v) is 7.88. The minimum Gasteiger partial charge on any atom is -0.329 e. The van der Waals surface area contributed by atoms with E-state index in [4.69, 9.17) is 5.73 Å². The van der Waals surface area contributed by atoms with Gasteiger partial charge in [0.25, 0.3) is 0 Å². The van der Waals surface area contributed by atoms with E-state index in [1.165, 1.54) is 45.8 Å². The monoisotopic (exact) mass is 271 g/mol. The van der Waals surface area contributed by atoms with Crippen molar-refractivity contribution < 1.29 is 0 Å². The van der Waals surface area contributed by atoms with E-state index in [9.17, 15) is 0 Å². The summed E-state index contributed by atoms with van der Waals surface area (Å²) in [6, 6.07) is 0. The molecule has 1 heterocycles. The minimum atomic E-state index is 0.730. The standard InChI is InChI=1S/C14H33N5/c1-3-17(8-7-16-6-5-15)9-12-19-13-10-18(4-2)11-14-19/h16H,3-15H2,1-2H3. The molecule has 0 bridgehead atoms. The zero-order chi connectivity index (χ0) is 13.9. The number of rotatable bonds is 10. The fourth-order valence-electron chi connectivity index (χ4n) is 2.50. The van der Waals surface area contributed by atoms with Gasteiger partial charge in [-0.3, -0.25) is 4.90 Å². The lowest BCUT2D eigenvalue weighted by Crippen LogP contribution is -2.48. The average molecular weight is 271 g/mol. The van der Waals surface area contributed by atoms with Crippen LogP contribution in [0.4, 0.5) is 0 Å². The van der Waals surface area contributed by atoms with Gasteiger partial charge in [-0.05, 0) is 13.1 Å². The molecule has 0 aliphatic carbocycles. The van der Waals surface area contributed by atoms with Crippen LogP contribution in [0.3, 0.4) is 0 Å². The highest BCUT2D eigenvalue weighted by Crippen LogP contribution is 2.01. The van der Waals surface area contributed by atoms with Gasteiger partial charge in [-0.1, -0.05) is 13.8 Å². The van der Waals surface area contributed by atoms with E-state index < -0.39 is 0 Å². The van der Waals surface area contributed by atoms with Crippen LogP contribution >= 0.6 is 0 Å². The van der Waals surface area contributed by atoms with E-state index in [1.807, 2.05) is 0 Å². The molecule has 0 atom stereocenters. The van der Waals surface area contributed by atoms with Gasteiger partial charge in [-0.2, -0.15) is 0 Å². The second kappa shape index (κ2) is 10.6. The first-order chi connectivity index (χ1) is 9.30. The molecule has 0 aromatic carbocycles. The molecule has 5 heteroatoms. The highest BCUT2D eigenvalue weighted by molar-refractivity contribution is 4.72. The van der Waals surface area contributed by atoms with Crippen LogP contribution in [0.2, 0.25) is 0 Å². The van der Waals surface area contributed by atoms with Crippen LogP contribution in [0.25, 0.3) is 0 Å². The van der Waals surface area contributed by atoms with E-state index in [2.05, 4.69) is 33.9 Å². The molecule has 0 radical (unpaired) electrons. The maximum atomic E-state index is 5.47. The topological polar surface area (TPSA) is 47.8 Å². The lowest BCUT2D eigenvalue weighted by atomic mass is 10.3. The molecule has 1 aliphatic rings. The summed E-state index contributed by atoms with van der Waals surface area (Å²) < 4.78 is 0. The Balaban J connectivity index is 2.08. The molecule has 1 aliphatic heterocycles. The van der Waals surface area contributed by atoms with Crippen molar-refractivity contribution in [2.24, 2.45) is 5.73 Å². The highest BCUT2D eigenvalue weighted by Gasteiger charge is 2.15. The molecule has 1 rings (SSSR count). The van der Waals surface area contributed by atoms with E-state index in [1.54, 1.807) is 0 Å². The van der Waals surface area contributed by atoms with E-state index in [-0.39, 0.29) is 0 Å². The number of nitrogens with zero attached hydrogens (tertiary/aromatic N) is 3. The average Bonchev–Trinajstić information content (AvgIpc) is 2.47. The third kappa shape index (κ3) is 7.22. The normalized spacial score (nSPS) is 18.3. The Kier molecular flexibility index (Phi) is 9.38. The molecule has 1 fully saturated rings. The Hall–Kier alpha value is -0.200. The molecule has 1 saturated heterocycles. The van der Waals surface area contributed by atoms with Crippen LogP contribution in [0.1, 0.15) is 13.8 Å². The Morgan fingerprint density at radius 1 is 1.00 bits per heavy atom. The number of likely N-dealkylation sites (N-methyl/N-ethyl adjacent to an activating group) is 2. The summed E-state index contributed by atoms with van der Waals surface area (Å²) in [6.45, 7) is 18.0. The second-order valence-electron chi connectivity index (χ2n) is 5.25. The highest BCUT2D eigenvalue weighted by atomic mass is 15.3. The van der Waals surface area contributed by atoms with Crippen LogP contribution in [-0.2, 0) is 0 Å². The SMILES string of the molecule is CCN(CCNCCN)CCN1CCN(CC)CC1. The van der Waals surface area contributed by atoms with Gasteiger partial charge in [-0.25, -0.2) is 0 Å². The Bertz CT molecular complexity index is 204. The lowest BCUT2D eigenvalue weighted by molar-refractivity contribution is 0.123. The summed E-state index contributed by atoms with van der Waals surface area (Å²) in [5.74, 6) is 0. The Morgan fingerprint density at radius 3 is 2.26 bits per heavy atom. The summed E-state index contributed by atoms with van der Waals surface area (Å²) in [7, 11) is 0. The van der Waals surface area contributed by atoms with E-state index >= 15 is 0 Å². The van der Waals surface area contributed by atoms with Gasteiger partial charge in [0.1, 0.15) is 0 Å². The van der Waals surface area contributed by atoms with Crippen molar-refractivity contribution in [3.05, 3.63) is 0 Å². The summed E-state index contributed by atoms with van der Waals surface area (Å²) >= 11 is 0. The molecule has 19 heavy (non-hydrogen) atoms. The largest absolute Gasteiger partial charge is 0.329 e. The van der Waals surface area contributed by atoms with Crippen LogP contribution < -0.4 is 11.1 Å². The molecule has 0 amide bonds. The van der Waals surface area contributed by atoms with Crippen molar-refractivity contribution in [3.63, 3.8) is 0 Å². The molecule has 0 aromatic heterocycles. The lowest BCUT2D eigenvalue weighted by Gasteiger charge is -2.35. The third-order valence-corrected chi connectivity index (χ3v) is 4.02. The molecule has 0 spiro atoms. The van der Waals surface area contributed by atoms with Crippen molar-refractivity contribution in [1.82, 2.24) is 20.0 Å². The van der Waals surface area contributed by atoms with Gasteiger partial charge in [0.2, 0.25) is 0 Å². The maximum absolute atomic E-state index is 5.47. The summed E-state index contributed by atoms with van der Waals surface area (Å²) in [5, 5.41) is 3.36. The van der Waals surface area contributed by atoms with Crippen LogP contribution in [0, 0.1) is 0 Å². The number of nitrogens with one attached hydrogen (secondary N) is 1. The number of hydrogen-bond acceptors (Lipinski definition) is 5. The molecular weight excluding hydrogens is 238 g/mol. The van der Waals surface area contributed by atoms with Crippen LogP contribution in [-0.4, -0.2) is 93.2 Å². The second-order valence-corrected chi connectivity index (χ2v) is 5.25. The number of hydrogen-bond donors (Lipinski definition) is 2. The zero-order valence-corrected chi connectivity index (χ0v) is 12.9. The zero-order valence-electron chi connectivity index (χ0n) is 12.9. The van der Waals surface area contributed by atoms with Crippen molar-refractivity contribution in [3.8, 4) is 0 Å². The Morgan fingerprint density at radius 2 is 1.68 bits per heavy atom. The van der Waals surface area contributed by atoms with Gasteiger partial charge in [0.05, 0.1) is 0 Å². The summed E-state index contributed by atoms with van der Waals surface area (Å²) in [5.41, 5.74) is 5.47. The first-order valence-electron chi connectivity index (χ1n) is 7.88. The predicted octanol–water partition coefficient (Wildman–Crippen LogP) is -0.506. The molecule has 0 aromatic rings. The molecule has 114 valence electrons. The van der Waals surface area contributed by atoms with E-state index in [0.717, 1.165) is 32.7 Å². The molecular formula is C14H33N5. The van der Waals surface area contributed by atoms with Gasteiger partial charge in [0, 0.05) is 65.4 Å². The maximum Gasteiger partial charge on any atom is 0.0110 e. The smallest absolute Gasteiger partial charge is 0.0110 e. The van der Waals surface area contributed by atoms with Crippen LogP contribution in [0.5, 0.6) is 0 Å².